The van der Waals surface area contributed by atoms with Gasteiger partial charge in [0, 0.05) is 23.1 Å². The molecule has 0 radical (unpaired) electrons. The molecule has 1 aliphatic heterocycles. The molecular weight excluding hydrogens is 386 g/mol. The van der Waals surface area contributed by atoms with Gasteiger partial charge in [-0.3, -0.25) is 4.72 Å². The van der Waals surface area contributed by atoms with Crippen molar-refractivity contribution >= 4 is 34.9 Å². The van der Waals surface area contributed by atoms with Gasteiger partial charge in [0.05, 0.1) is 22.1 Å². The second-order valence-corrected chi connectivity index (χ2v) is 7.82. The van der Waals surface area contributed by atoms with Crippen molar-refractivity contribution in [3.8, 4) is 0 Å². The quantitative estimate of drug-likeness (QED) is 0.593. The zero-order valence-corrected chi connectivity index (χ0v) is 16.0. The van der Waals surface area contributed by atoms with Crippen LogP contribution in [-0.4, -0.2) is 10.9 Å². The number of aromatic nitrogens is 1. The first kappa shape index (κ1) is 17.9. The van der Waals surface area contributed by atoms with Crippen LogP contribution in [0.1, 0.15) is 29.0 Å². The second kappa shape index (κ2) is 7.66. The lowest BCUT2D eigenvalue weighted by atomic mass is 9.99. The van der Waals surface area contributed by atoms with Crippen molar-refractivity contribution in [1.29, 1.82) is 0 Å². The van der Waals surface area contributed by atoms with Gasteiger partial charge in [-0.25, -0.2) is 18.8 Å². The first-order valence-corrected chi connectivity index (χ1v) is 10.0. The van der Waals surface area contributed by atoms with Crippen LogP contribution in [0.25, 0.3) is 0 Å². The predicted molar refractivity (Wildman–Crippen MR) is 106 cm³/mol. The van der Waals surface area contributed by atoms with Crippen molar-refractivity contribution in [1.82, 2.24) is 9.71 Å². The van der Waals surface area contributed by atoms with E-state index >= 15 is 0 Å². The molecule has 0 aliphatic carbocycles. The summed E-state index contributed by atoms with van der Waals surface area (Å²) in [6.45, 7) is 2.26. The van der Waals surface area contributed by atoms with Gasteiger partial charge in [-0.05, 0) is 41.8 Å². The Morgan fingerprint density at radius 2 is 2.11 bits per heavy atom. The highest BCUT2D eigenvalue weighted by molar-refractivity contribution is 7.98. The maximum Gasteiger partial charge on any atom is 0.206 e. The molecule has 0 fully saturated rings. The van der Waals surface area contributed by atoms with Crippen LogP contribution in [0, 0.1) is 11.6 Å². The predicted octanol–water partition coefficient (Wildman–Crippen LogP) is 5.15. The van der Waals surface area contributed by atoms with Gasteiger partial charge in [-0.15, -0.1) is 11.3 Å². The first-order chi connectivity index (χ1) is 13.1. The molecule has 2 heterocycles. The zero-order valence-electron chi connectivity index (χ0n) is 14.4. The van der Waals surface area contributed by atoms with Crippen LogP contribution in [0.15, 0.2) is 57.9 Å². The number of benzene rings is 2. The Morgan fingerprint density at radius 1 is 1.22 bits per heavy atom. The SMILES string of the molecule is CC(c1nccs1)c1c(F)ccc2c1NC(=NCc1cccc(F)c1)NS2. The Bertz CT molecular complexity index is 989. The molecule has 1 aromatic heterocycles. The largest absolute Gasteiger partial charge is 0.324 e. The fraction of sp³-hybridized carbons (Fsp3) is 0.158. The Hall–Kier alpha value is -2.45. The third kappa shape index (κ3) is 3.81. The van der Waals surface area contributed by atoms with E-state index in [0.717, 1.165) is 15.5 Å². The van der Waals surface area contributed by atoms with Gasteiger partial charge in [0.25, 0.3) is 0 Å². The minimum Gasteiger partial charge on any atom is -0.324 e. The number of thiazole rings is 1. The fourth-order valence-electron chi connectivity index (χ4n) is 2.91. The van der Waals surface area contributed by atoms with E-state index in [9.17, 15) is 8.78 Å². The number of hydrogen-bond donors (Lipinski definition) is 2. The summed E-state index contributed by atoms with van der Waals surface area (Å²) in [5.74, 6) is -0.250. The van der Waals surface area contributed by atoms with Gasteiger partial charge in [0.15, 0.2) is 0 Å². The molecule has 8 heteroatoms. The fourth-order valence-corrected chi connectivity index (χ4v) is 4.33. The van der Waals surface area contributed by atoms with E-state index in [2.05, 4.69) is 20.0 Å². The molecule has 1 atom stereocenters. The summed E-state index contributed by atoms with van der Waals surface area (Å²) in [6.07, 6.45) is 1.72. The number of nitrogens with one attached hydrogen (secondary N) is 2. The molecule has 2 aromatic carbocycles. The average Bonchev–Trinajstić information content (AvgIpc) is 3.20. The van der Waals surface area contributed by atoms with E-state index in [0.29, 0.717) is 23.8 Å². The van der Waals surface area contributed by atoms with Crippen molar-refractivity contribution in [2.75, 3.05) is 5.32 Å². The van der Waals surface area contributed by atoms with Gasteiger partial charge in [0.1, 0.15) is 11.6 Å². The maximum atomic E-state index is 14.7. The lowest BCUT2D eigenvalue weighted by Crippen LogP contribution is -2.30. The summed E-state index contributed by atoms with van der Waals surface area (Å²) < 4.78 is 31.1. The highest BCUT2D eigenvalue weighted by atomic mass is 32.2. The standard InChI is InChI=1S/C19H16F2N4S2/c1-11(18-22-7-8-26-18)16-14(21)5-6-15-17(16)24-19(25-27-15)23-10-12-3-2-4-13(20)9-12/h2-9,11H,10H2,1H3,(H2,23,24,25). The summed E-state index contributed by atoms with van der Waals surface area (Å²) in [5, 5.41) is 5.93. The van der Waals surface area contributed by atoms with Crippen LogP contribution >= 0.6 is 23.3 Å². The lowest BCUT2D eigenvalue weighted by molar-refractivity contribution is 0.602. The van der Waals surface area contributed by atoms with Crippen molar-refractivity contribution in [3.05, 3.63) is 75.7 Å². The summed E-state index contributed by atoms with van der Waals surface area (Å²) >= 11 is 2.87. The molecule has 138 valence electrons. The smallest absolute Gasteiger partial charge is 0.206 e. The molecule has 3 aromatic rings. The summed E-state index contributed by atoms with van der Waals surface area (Å²) in [6, 6.07) is 9.52. The van der Waals surface area contributed by atoms with Crippen LogP contribution in [0.4, 0.5) is 14.5 Å². The van der Waals surface area contributed by atoms with Gasteiger partial charge < -0.3 is 5.32 Å². The topological polar surface area (TPSA) is 49.3 Å². The minimum absolute atomic E-state index is 0.185. The van der Waals surface area contributed by atoms with Crippen molar-refractivity contribution in [3.63, 3.8) is 0 Å². The number of aliphatic imine (C=N–C) groups is 1. The van der Waals surface area contributed by atoms with Gasteiger partial charge in [-0.2, -0.15) is 0 Å². The number of rotatable bonds is 4. The van der Waals surface area contributed by atoms with E-state index in [-0.39, 0.29) is 17.6 Å². The van der Waals surface area contributed by atoms with E-state index in [4.69, 9.17) is 0 Å². The number of hydrogen-bond acceptors (Lipinski definition) is 4. The van der Waals surface area contributed by atoms with E-state index in [1.807, 2.05) is 18.4 Å². The molecule has 2 N–H and O–H groups in total. The van der Waals surface area contributed by atoms with E-state index < -0.39 is 0 Å². The van der Waals surface area contributed by atoms with Gasteiger partial charge in [0.2, 0.25) is 5.96 Å². The molecule has 4 nitrogen and oxygen atoms in total. The highest BCUT2D eigenvalue weighted by Gasteiger charge is 2.25. The number of fused-ring (bicyclic) bond motifs is 1. The molecule has 27 heavy (non-hydrogen) atoms. The number of halogens is 2. The number of nitrogens with zero attached hydrogens (tertiary/aromatic N) is 2. The Kier molecular flexibility index (Phi) is 5.09. The van der Waals surface area contributed by atoms with Crippen LogP contribution in [0.5, 0.6) is 0 Å². The normalized spacial score (nSPS) is 15.7. The van der Waals surface area contributed by atoms with E-state index in [1.165, 1.54) is 41.5 Å². The third-order valence-corrected chi connectivity index (χ3v) is 6.03. The van der Waals surface area contributed by atoms with Crippen LogP contribution in [0.2, 0.25) is 0 Å². The molecule has 0 bridgehead atoms. The van der Waals surface area contributed by atoms with Gasteiger partial charge in [-0.1, -0.05) is 19.1 Å². The summed E-state index contributed by atoms with van der Waals surface area (Å²) in [5.41, 5.74) is 2.02. The second-order valence-electron chi connectivity index (χ2n) is 6.05. The van der Waals surface area contributed by atoms with Gasteiger partial charge >= 0.3 is 0 Å². The molecule has 0 saturated carbocycles. The third-order valence-electron chi connectivity index (χ3n) is 4.22. The molecular formula is C19H16F2N4S2. The van der Waals surface area contributed by atoms with Crippen molar-refractivity contribution in [2.45, 2.75) is 24.3 Å². The summed E-state index contributed by atoms with van der Waals surface area (Å²) in [4.78, 5) is 9.67. The first-order valence-electron chi connectivity index (χ1n) is 8.32. The zero-order chi connectivity index (χ0) is 18.8. The number of anilines is 1. The van der Waals surface area contributed by atoms with Crippen LogP contribution in [0.3, 0.4) is 0 Å². The molecule has 0 amide bonds. The molecule has 1 aliphatic rings. The minimum atomic E-state index is -0.293. The lowest BCUT2D eigenvalue weighted by Gasteiger charge is -2.25. The Balaban J connectivity index is 1.63. The highest BCUT2D eigenvalue weighted by Crippen LogP contribution is 2.40. The molecule has 4 rings (SSSR count). The number of guanidine groups is 1. The van der Waals surface area contributed by atoms with Crippen molar-refractivity contribution < 1.29 is 8.78 Å². The van der Waals surface area contributed by atoms with Crippen LogP contribution < -0.4 is 10.0 Å². The maximum absolute atomic E-state index is 14.7. The Labute approximate surface area is 163 Å². The van der Waals surface area contributed by atoms with Crippen LogP contribution in [-0.2, 0) is 6.54 Å². The van der Waals surface area contributed by atoms with E-state index in [1.54, 1.807) is 18.3 Å². The average molecular weight is 402 g/mol. The molecule has 1 unspecified atom stereocenters. The summed E-state index contributed by atoms with van der Waals surface area (Å²) in [7, 11) is 0. The molecule has 0 saturated heterocycles. The monoisotopic (exact) mass is 402 g/mol. The Morgan fingerprint density at radius 3 is 2.89 bits per heavy atom. The molecule has 0 spiro atoms. The van der Waals surface area contributed by atoms with Crippen molar-refractivity contribution in [2.24, 2.45) is 4.99 Å².